The molecule has 4 nitrogen and oxygen atoms in total. The maximum atomic E-state index is 6.25. The van der Waals surface area contributed by atoms with Crippen molar-refractivity contribution >= 4 is 33.1 Å². The zero-order valence-electron chi connectivity index (χ0n) is 13.1. The van der Waals surface area contributed by atoms with E-state index in [4.69, 9.17) is 21.7 Å². The smallest absolute Gasteiger partial charge is 0.166 e. The van der Waals surface area contributed by atoms with Crippen LogP contribution in [-0.2, 0) is 6.42 Å². The van der Waals surface area contributed by atoms with Gasteiger partial charge in [0.15, 0.2) is 17.7 Å². The third kappa shape index (κ3) is 2.79. The number of hydrogen-bond acceptors (Lipinski definition) is 4. The molecule has 2 heterocycles. The zero-order chi connectivity index (χ0) is 16.7. The molecule has 3 atom stereocenters. The molecule has 0 saturated carbocycles. The fraction of sp³-hybridized carbons (Fsp3) is 0.278. The third-order valence-electron chi connectivity index (χ3n) is 4.45. The molecule has 124 valence electrons. The van der Waals surface area contributed by atoms with E-state index in [0.717, 1.165) is 38.5 Å². The molecule has 3 unspecified atom stereocenters. The molecule has 24 heavy (non-hydrogen) atoms. The maximum Gasteiger partial charge on any atom is 0.166 e. The van der Waals surface area contributed by atoms with Crippen molar-refractivity contribution in [2.75, 3.05) is 7.11 Å². The van der Waals surface area contributed by atoms with E-state index in [1.807, 2.05) is 24.3 Å². The highest BCUT2D eigenvalue weighted by Crippen LogP contribution is 2.41. The van der Waals surface area contributed by atoms with E-state index in [9.17, 15) is 0 Å². The first kappa shape index (κ1) is 15.9. The van der Waals surface area contributed by atoms with Gasteiger partial charge in [-0.15, -0.1) is 0 Å². The van der Waals surface area contributed by atoms with Crippen LogP contribution >= 0.6 is 28.1 Å². The second-order valence-corrected chi connectivity index (χ2v) is 7.32. The summed E-state index contributed by atoms with van der Waals surface area (Å²) in [6.07, 6.45) is 0.588. The van der Waals surface area contributed by atoms with Gasteiger partial charge >= 0.3 is 0 Å². The first-order valence-electron chi connectivity index (χ1n) is 7.80. The Balaban J connectivity index is 1.66. The van der Waals surface area contributed by atoms with Gasteiger partial charge in [0, 0.05) is 10.0 Å². The molecule has 0 amide bonds. The Hall–Kier alpha value is -1.63. The molecule has 0 spiro atoms. The molecule has 2 aliphatic rings. The Bertz CT molecular complexity index is 784. The van der Waals surface area contributed by atoms with Crippen molar-refractivity contribution in [3.63, 3.8) is 0 Å². The summed E-state index contributed by atoms with van der Waals surface area (Å²) in [5, 5.41) is 6.92. The SMILES string of the molecule is COc1cc(Br)cc2c1OC1NC(c3ccccc3)NC(=S)C1C2. The fourth-order valence-corrected chi connectivity index (χ4v) is 4.08. The lowest BCUT2D eigenvalue weighted by Crippen LogP contribution is -2.60. The molecule has 0 radical (unpaired) electrons. The van der Waals surface area contributed by atoms with Crippen molar-refractivity contribution in [3.8, 4) is 11.5 Å². The van der Waals surface area contributed by atoms with Crippen LogP contribution in [0.15, 0.2) is 46.9 Å². The van der Waals surface area contributed by atoms with Crippen molar-refractivity contribution in [2.45, 2.75) is 18.8 Å². The van der Waals surface area contributed by atoms with Gasteiger partial charge in [-0.1, -0.05) is 58.5 Å². The summed E-state index contributed by atoms with van der Waals surface area (Å²) in [7, 11) is 1.66. The van der Waals surface area contributed by atoms with Crippen molar-refractivity contribution in [1.29, 1.82) is 0 Å². The van der Waals surface area contributed by atoms with Gasteiger partial charge in [0.2, 0.25) is 0 Å². The lowest BCUT2D eigenvalue weighted by molar-refractivity contribution is 0.0770. The molecule has 0 aromatic heterocycles. The molecule has 0 bridgehead atoms. The van der Waals surface area contributed by atoms with Gasteiger partial charge in [-0.3, -0.25) is 5.32 Å². The number of fused-ring (bicyclic) bond motifs is 2. The summed E-state index contributed by atoms with van der Waals surface area (Å²) in [6.45, 7) is 0. The van der Waals surface area contributed by atoms with Crippen LogP contribution in [0.3, 0.4) is 0 Å². The van der Waals surface area contributed by atoms with E-state index in [1.54, 1.807) is 7.11 Å². The van der Waals surface area contributed by atoms with Crippen LogP contribution in [0.25, 0.3) is 0 Å². The number of methoxy groups -OCH3 is 1. The third-order valence-corrected chi connectivity index (χ3v) is 5.33. The number of nitrogens with one attached hydrogen (secondary N) is 2. The lowest BCUT2D eigenvalue weighted by Gasteiger charge is -2.42. The molecule has 2 aliphatic heterocycles. The van der Waals surface area contributed by atoms with Crippen LogP contribution in [0.1, 0.15) is 17.3 Å². The number of rotatable bonds is 2. The summed E-state index contributed by atoms with van der Waals surface area (Å²) in [5.74, 6) is 1.64. The Kier molecular flexibility index (Phi) is 4.20. The standard InChI is InChI=1S/C18H17BrN2O2S/c1-22-14-9-12(19)7-11-8-13-17(23-15(11)14)20-16(21-18(13)24)10-5-3-2-4-6-10/h2-7,9,13,16-17,20H,8H2,1H3,(H,21,24). The largest absolute Gasteiger partial charge is 0.493 e. The summed E-state index contributed by atoms with van der Waals surface area (Å²) >= 11 is 9.16. The van der Waals surface area contributed by atoms with E-state index in [-0.39, 0.29) is 18.3 Å². The minimum atomic E-state index is -0.175. The predicted molar refractivity (Wildman–Crippen MR) is 100 cm³/mol. The van der Waals surface area contributed by atoms with Crippen molar-refractivity contribution in [1.82, 2.24) is 10.6 Å². The molecular formula is C18H17BrN2O2S. The van der Waals surface area contributed by atoms with Crippen LogP contribution in [-0.4, -0.2) is 18.3 Å². The van der Waals surface area contributed by atoms with E-state index < -0.39 is 0 Å². The number of ether oxygens (including phenoxy) is 2. The molecule has 2 aromatic carbocycles. The van der Waals surface area contributed by atoms with E-state index in [2.05, 4.69) is 44.8 Å². The highest BCUT2D eigenvalue weighted by molar-refractivity contribution is 9.10. The van der Waals surface area contributed by atoms with Crippen LogP contribution in [0.2, 0.25) is 0 Å². The maximum absolute atomic E-state index is 6.25. The van der Waals surface area contributed by atoms with E-state index in [1.165, 1.54) is 0 Å². The Morgan fingerprint density at radius 2 is 2.04 bits per heavy atom. The molecule has 6 heteroatoms. The number of thiocarbonyl (C=S) groups is 1. The number of halogens is 1. The minimum Gasteiger partial charge on any atom is -0.493 e. The molecule has 2 N–H and O–H groups in total. The summed E-state index contributed by atoms with van der Waals surface area (Å²) < 4.78 is 12.7. The van der Waals surface area contributed by atoms with E-state index in [0.29, 0.717) is 0 Å². The van der Waals surface area contributed by atoms with Crippen molar-refractivity contribution in [2.24, 2.45) is 5.92 Å². The summed E-state index contributed by atoms with van der Waals surface area (Å²) in [4.78, 5) is 0.831. The van der Waals surface area contributed by atoms with Gasteiger partial charge in [0.05, 0.1) is 18.0 Å². The van der Waals surface area contributed by atoms with E-state index >= 15 is 0 Å². The number of hydrogen-bond donors (Lipinski definition) is 2. The van der Waals surface area contributed by atoms with Crippen LogP contribution in [0.4, 0.5) is 0 Å². The topological polar surface area (TPSA) is 42.5 Å². The first-order chi connectivity index (χ1) is 11.7. The van der Waals surface area contributed by atoms with Gasteiger partial charge in [0.25, 0.3) is 0 Å². The quantitative estimate of drug-likeness (QED) is 0.749. The van der Waals surface area contributed by atoms with Crippen LogP contribution in [0, 0.1) is 5.92 Å². The second kappa shape index (κ2) is 6.35. The molecule has 2 aromatic rings. The van der Waals surface area contributed by atoms with Gasteiger partial charge in [-0.05, 0) is 24.1 Å². The van der Waals surface area contributed by atoms with Gasteiger partial charge in [-0.2, -0.15) is 0 Å². The first-order valence-corrected chi connectivity index (χ1v) is 9.00. The van der Waals surface area contributed by atoms with Gasteiger partial charge in [0.1, 0.15) is 6.17 Å². The average Bonchev–Trinajstić information content (AvgIpc) is 2.60. The highest BCUT2D eigenvalue weighted by Gasteiger charge is 2.40. The Labute approximate surface area is 154 Å². The molecule has 1 fully saturated rings. The zero-order valence-corrected chi connectivity index (χ0v) is 15.5. The van der Waals surface area contributed by atoms with Crippen molar-refractivity contribution in [3.05, 3.63) is 58.1 Å². The molecule has 0 aliphatic carbocycles. The minimum absolute atomic E-state index is 0.0528. The van der Waals surface area contributed by atoms with Crippen molar-refractivity contribution < 1.29 is 9.47 Å². The monoisotopic (exact) mass is 404 g/mol. The lowest BCUT2D eigenvalue weighted by atomic mass is 9.91. The Morgan fingerprint density at radius 3 is 2.79 bits per heavy atom. The molecule has 1 saturated heterocycles. The average molecular weight is 405 g/mol. The Morgan fingerprint density at radius 1 is 1.25 bits per heavy atom. The second-order valence-electron chi connectivity index (χ2n) is 5.96. The fourth-order valence-electron chi connectivity index (χ4n) is 3.27. The number of benzene rings is 2. The molecule has 4 rings (SSSR count). The summed E-state index contributed by atoms with van der Waals surface area (Å²) in [5.41, 5.74) is 2.24. The normalized spacial score (nSPS) is 25.1. The van der Waals surface area contributed by atoms with Gasteiger partial charge < -0.3 is 14.8 Å². The van der Waals surface area contributed by atoms with Crippen LogP contribution < -0.4 is 20.1 Å². The van der Waals surface area contributed by atoms with Crippen LogP contribution in [0.5, 0.6) is 11.5 Å². The predicted octanol–water partition coefficient (Wildman–Crippen LogP) is 3.55. The highest BCUT2D eigenvalue weighted by atomic mass is 79.9. The molecular weight excluding hydrogens is 388 g/mol. The summed E-state index contributed by atoms with van der Waals surface area (Å²) in [6, 6.07) is 14.2. The van der Waals surface area contributed by atoms with Gasteiger partial charge in [-0.25, -0.2) is 0 Å².